The van der Waals surface area contributed by atoms with Gasteiger partial charge >= 0.3 is 0 Å². The van der Waals surface area contributed by atoms with Gasteiger partial charge in [0.1, 0.15) is 0 Å². The summed E-state index contributed by atoms with van der Waals surface area (Å²) < 4.78 is 0. The van der Waals surface area contributed by atoms with Crippen LogP contribution in [-0.2, 0) is 6.42 Å². The Morgan fingerprint density at radius 1 is 1.42 bits per heavy atom. The molecule has 0 unspecified atom stereocenters. The first kappa shape index (κ1) is 7.29. The van der Waals surface area contributed by atoms with Gasteiger partial charge in [0, 0.05) is 12.4 Å². The van der Waals surface area contributed by atoms with Crippen molar-refractivity contribution < 1.29 is 0 Å². The molecular formula is C11H11N. The third-order valence-corrected chi connectivity index (χ3v) is 2.05. The van der Waals surface area contributed by atoms with Crippen molar-refractivity contribution in [2.24, 2.45) is 0 Å². The highest BCUT2D eigenvalue weighted by Gasteiger charge is 2.00. The normalized spacial score (nSPS) is 14.9. The van der Waals surface area contributed by atoms with Crippen LogP contribution in [0.25, 0.3) is 6.08 Å². The molecule has 0 saturated carbocycles. The smallest absolute Gasteiger partial charge is 0.0343 e. The van der Waals surface area contributed by atoms with Gasteiger partial charge in [-0.1, -0.05) is 23.8 Å². The number of allylic oxidation sites excluding steroid dienone is 3. The standard InChI is InChI=1S/C11H11N/c1-9-3-2-4-10-5-6-12-8-11(10)7-9/h2-3,5-8H,4H2,1H3. The van der Waals surface area contributed by atoms with Crippen LogP contribution in [0.2, 0.25) is 0 Å². The van der Waals surface area contributed by atoms with Crippen LogP contribution in [0.1, 0.15) is 18.1 Å². The van der Waals surface area contributed by atoms with Gasteiger partial charge in [-0.15, -0.1) is 0 Å². The Morgan fingerprint density at radius 3 is 3.25 bits per heavy atom. The van der Waals surface area contributed by atoms with Crippen molar-refractivity contribution in [3.63, 3.8) is 0 Å². The van der Waals surface area contributed by atoms with Gasteiger partial charge in [0.2, 0.25) is 0 Å². The Labute approximate surface area is 72.5 Å². The molecule has 0 atom stereocenters. The maximum absolute atomic E-state index is 4.10. The van der Waals surface area contributed by atoms with Crippen molar-refractivity contribution in [2.75, 3.05) is 0 Å². The molecule has 0 aliphatic heterocycles. The molecule has 1 aromatic heterocycles. The lowest BCUT2D eigenvalue weighted by atomic mass is 10.1. The van der Waals surface area contributed by atoms with Gasteiger partial charge in [-0.25, -0.2) is 0 Å². The molecule has 0 bridgehead atoms. The maximum Gasteiger partial charge on any atom is 0.0343 e. The summed E-state index contributed by atoms with van der Waals surface area (Å²) in [4.78, 5) is 4.10. The van der Waals surface area contributed by atoms with E-state index in [-0.39, 0.29) is 0 Å². The quantitative estimate of drug-likeness (QED) is 0.564. The molecule has 0 saturated heterocycles. The largest absolute Gasteiger partial charge is 0.264 e. The molecule has 0 amide bonds. The third kappa shape index (κ3) is 1.30. The highest BCUT2D eigenvalue weighted by Crippen LogP contribution is 2.16. The molecular weight excluding hydrogens is 146 g/mol. The lowest BCUT2D eigenvalue weighted by molar-refractivity contribution is 1.20. The Hall–Kier alpha value is -1.37. The zero-order valence-corrected chi connectivity index (χ0v) is 7.12. The van der Waals surface area contributed by atoms with Gasteiger partial charge in [-0.05, 0) is 30.5 Å². The molecule has 1 heterocycles. The van der Waals surface area contributed by atoms with Gasteiger partial charge in [0.05, 0.1) is 0 Å². The summed E-state index contributed by atoms with van der Waals surface area (Å²) in [6, 6.07) is 2.08. The van der Waals surface area contributed by atoms with E-state index in [9.17, 15) is 0 Å². The number of hydrogen-bond acceptors (Lipinski definition) is 1. The van der Waals surface area contributed by atoms with Crippen LogP contribution in [-0.4, -0.2) is 4.98 Å². The van der Waals surface area contributed by atoms with E-state index >= 15 is 0 Å². The summed E-state index contributed by atoms with van der Waals surface area (Å²) in [6.45, 7) is 2.11. The molecule has 1 aliphatic carbocycles. The number of fused-ring (bicyclic) bond motifs is 1. The van der Waals surface area contributed by atoms with Crippen LogP contribution in [0.4, 0.5) is 0 Å². The molecule has 1 nitrogen and oxygen atoms in total. The molecule has 0 aromatic carbocycles. The number of nitrogens with zero attached hydrogens (tertiary/aromatic N) is 1. The van der Waals surface area contributed by atoms with Crippen molar-refractivity contribution in [2.45, 2.75) is 13.3 Å². The van der Waals surface area contributed by atoms with E-state index in [0.29, 0.717) is 0 Å². The zero-order valence-electron chi connectivity index (χ0n) is 7.12. The lowest BCUT2D eigenvalue weighted by Gasteiger charge is -1.99. The first-order chi connectivity index (χ1) is 5.86. The molecule has 1 heteroatoms. The molecule has 1 aromatic rings. The zero-order chi connectivity index (χ0) is 8.39. The minimum atomic E-state index is 1.02. The summed E-state index contributed by atoms with van der Waals surface area (Å²) in [5, 5.41) is 0. The topological polar surface area (TPSA) is 12.9 Å². The van der Waals surface area contributed by atoms with Gasteiger partial charge < -0.3 is 0 Å². The Morgan fingerprint density at radius 2 is 2.33 bits per heavy atom. The minimum Gasteiger partial charge on any atom is -0.264 e. The van der Waals surface area contributed by atoms with Crippen molar-refractivity contribution in [1.82, 2.24) is 4.98 Å². The predicted molar refractivity (Wildman–Crippen MR) is 50.7 cm³/mol. The molecule has 0 fully saturated rings. The second-order valence-corrected chi connectivity index (χ2v) is 3.07. The fourth-order valence-electron chi connectivity index (χ4n) is 1.42. The average molecular weight is 157 g/mol. The fourth-order valence-corrected chi connectivity index (χ4v) is 1.42. The van der Waals surface area contributed by atoms with Crippen LogP contribution in [0.3, 0.4) is 0 Å². The second-order valence-electron chi connectivity index (χ2n) is 3.07. The monoisotopic (exact) mass is 157 g/mol. The van der Waals surface area contributed by atoms with Crippen molar-refractivity contribution >= 4 is 6.08 Å². The Kier molecular flexibility index (Phi) is 1.78. The van der Waals surface area contributed by atoms with Gasteiger partial charge in [-0.2, -0.15) is 0 Å². The van der Waals surface area contributed by atoms with E-state index in [0.717, 1.165) is 6.42 Å². The Balaban J connectivity index is 2.54. The summed E-state index contributed by atoms with van der Waals surface area (Å²) >= 11 is 0. The highest BCUT2D eigenvalue weighted by molar-refractivity contribution is 5.59. The molecule has 2 rings (SSSR count). The molecule has 1 aliphatic rings. The van der Waals surface area contributed by atoms with Gasteiger partial charge in [0.15, 0.2) is 0 Å². The van der Waals surface area contributed by atoms with E-state index < -0.39 is 0 Å². The predicted octanol–water partition coefficient (Wildman–Crippen LogP) is 2.60. The number of hydrogen-bond donors (Lipinski definition) is 0. The van der Waals surface area contributed by atoms with E-state index in [2.05, 4.69) is 36.2 Å². The van der Waals surface area contributed by atoms with Gasteiger partial charge in [-0.3, -0.25) is 4.98 Å². The van der Waals surface area contributed by atoms with Crippen molar-refractivity contribution in [3.05, 3.63) is 47.3 Å². The van der Waals surface area contributed by atoms with Crippen molar-refractivity contribution in [3.8, 4) is 0 Å². The third-order valence-electron chi connectivity index (χ3n) is 2.05. The fraction of sp³-hybridized carbons (Fsp3) is 0.182. The van der Waals surface area contributed by atoms with Crippen LogP contribution in [0, 0.1) is 0 Å². The SMILES string of the molecule is CC1=Cc2cnccc2CC=C1. The maximum atomic E-state index is 4.10. The number of pyridine rings is 1. The summed E-state index contributed by atoms with van der Waals surface area (Å²) in [7, 11) is 0. The van der Waals surface area contributed by atoms with Crippen LogP contribution >= 0.6 is 0 Å². The number of rotatable bonds is 0. The van der Waals surface area contributed by atoms with E-state index in [1.165, 1.54) is 16.7 Å². The molecule has 0 radical (unpaired) electrons. The van der Waals surface area contributed by atoms with Crippen LogP contribution in [0.15, 0.2) is 36.2 Å². The van der Waals surface area contributed by atoms with Crippen LogP contribution in [0.5, 0.6) is 0 Å². The lowest BCUT2D eigenvalue weighted by Crippen LogP contribution is -1.86. The van der Waals surface area contributed by atoms with E-state index in [1.807, 2.05) is 12.4 Å². The average Bonchev–Trinajstić information content (AvgIpc) is 2.25. The molecule has 0 spiro atoms. The van der Waals surface area contributed by atoms with Gasteiger partial charge in [0.25, 0.3) is 0 Å². The Bertz CT molecular complexity index is 348. The minimum absolute atomic E-state index is 1.02. The molecule has 60 valence electrons. The molecule has 12 heavy (non-hydrogen) atoms. The van der Waals surface area contributed by atoms with Crippen LogP contribution < -0.4 is 0 Å². The second kappa shape index (κ2) is 2.94. The molecule has 0 N–H and O–H groups in total. The first-order valence-electron chi connectivity index (χ1n) is 4.14. The summed E-state index contributed by atoms with van der Waals surface area (Å²) in [5.41, 5.74) is 3.90. The highest BCUT2D eigenvalue weighted by atomic mass is 14.6. The first-order valence-corrected chi connectivity index (χ1v) is 4.14. The summed E-state index contributed by atoms with van der Waals surface area (Å²) in [5.74, 6) is 0. The van der Waals surface area contributed by atoms with Crippen molar-refractivity contribution in [1.29, 1.82) is 0 Å². The summed E-state index contributed by atoms with van der Waals surface area (Å²) in [6.07, 6.45) is 11.3. The van der Waals surface area contributed by atoms with E-state index in [1.54, 1.807) is 0 Å². The number of aromatic nitrogens is 1. The van der Waals surface area contributed by atoms with E-state index in [4.69, 9.17) is 0 Å².